The Morgan fingerprint density at radius 2 is 2.12 bits per heavy atom. The number of esters is 1. The van der Waals surface area contributed by atoms with Crippen molar-refractivity contribution in [3.05, 3.63) is 29.8 Å². The highest BCUT2D eigenvalue weighted by atomic mass is 16.6. The van der Waals surface area contributed by atoms with E-state index in [2.05, 4.69) is 0 Å². The van der Waals surface area contributed by atoms with E-state index >= 15 is 0 Å². The molecule has 0 saturated carbocycles. The fourth-order valence-electron chi connectivity index (χ4n) is 1.27. The number of methoxy groups -OCH3 is 2. The van der Waals surface area contributed by atoms with Crippen LogP contribution < -0.4 is 4.74 Å². The van der Waals surface area contributed by atoms with Crippen molar-refractivity contribution in [1.82, 2.24) is 0 Å². The van der Waals surface area contributed by atoms with Gasteiger partial charge in [0.15, 0.2) is 0 Å². The molecule has 0 aliphatic carbocycles. The summed E-state index contributed by atoms with van der Waals surface area (Å²) in [6.45, 7) is 2.16. The molecule has 0 amide bonds. The molecule has 0 heterocycles. The summed E-state index contributed by atoms with van der Waals surface area (Å²) < 4.78 is 15.1. The van der Waals surface area contributed by atoms with E-state index in [0.717, 1.165) is 0 Å². The molecule has 0 aliphatic rings. The van der Waals surface area contributed by atoms with Crippen molar-refractivity contribution >= 4 is 5.97 Å². The third kappa shape index (κ3) is 3.55. The van der Waals surface area contributed by atoms with Crippen molar-refractivity contribution < 1.29 is 19.0 Å². The largest absolute Gasteiger partial charge is 0.497 e. The van der Waals surface area contributed by atoms with Gasteiger partial charge in [0.25, 0.3) is 0 Å². The first-order valence-corrected chi connectivity index (χ1v) is 5.01. The van der Waals surface area contributed by atoms with Crippen LogP contribution in [-0.4, -0.2) is 32.9 Å². The van der Waals surface area contributed by atoms with Crippen LogP contribution in [0.3, 0.4) is 0 Å². The second-order valence-electron chi connectivity index (χ2n) is 3.40. The van der Waals surface area contributed by atoms with Gasteiger partial charge in [-0.3, -0.25) is 0 Å². The van der Waals surface area contributed by atoms with Gasteiger partial charge < -0.3 is 14.2 Å². The van der Waals surface area contributed by atoms with E-state index in [1.54, 1.807) is 45.4 Å². The second-order valence-corrected chi connectivity index (χ2v) is 3.40. The Balaban J connectivity index is 2.65. The van der Waals surface area contributed by atoms with Crippen LogP contribution in [0.2, 0.25) is 0 Å². The van der Waals surface area contributed by atoms with Crippen LogP contribution in [0.15, 0.2) is 24.3 Å². The van der Waals surface area contributed by atoms with Gasteiger partial charge in [-0.2, -0.15) is 0 Å². The zero-order chi connectivity index (χ0) is 12.0. The first kappa shape index (κ1) is 12.5. The Morgan fingerprint density at radius 3 is 2.75 bits per heavy atom. The van der Waals surface area contributed by atoms with Crippen molar-refractivity contribution in [3.63, 3.8) is 0 Å². The van der Waals surface area contributed by atoms with Gasteiger partial charge in [-0.05, 0) is 25.1 Å². The zero-order valence-corrected chi connectivity index (χ0v) is 9.73. The highest BCUT2D eigenvalue weighted by molar-refractivity contribution is 5.89. The summed E-state index contributed by atoms with van der Waals surface area (Å²) in [6.07, 6.45) is -0.260. The molecular weight excluding hydrogens is 208 g/mol. The normalized spacial score (nSPS) is 11.9. The fourth-order valence-corrected chi connectivity index (χ4v) is 1.27. The Kier molecular flexibility index (Phi) is 4.79. The molecule has 0 bridgehead atoms. The maximum Gasteiger partial charge on any atom is 0.338 e. The minimum Gasteiger partial charge on any atom is -0.497 e. The van der Waals surface area contributed by atoms with E-state index in [4.69, 9.17) is 14.2 Å². The summed E-state index contributed by atoms with van der Waals surface area (Å²) in [5.74, 6) is 0.261. The molecule has 1 atom stereocenters. The standard InChI is InChI=1S/C12H16O4/c1-9(8-14-2)16-12(13)10-5-4-6-11(7-10)15-3/h4-7,9H,8H2,1-3H3/t9-/m0/s1. The molecule has 1 aromatic rings. The SMILES string of the molecule is COC[C@H](C)OC(=O)c1cccc(OC)c1. The molecular formula is C12H16O4. The molecule has 0 saturated heterocycles. The Hall–Kier alpha value is -1.55. The van der Waals surface area contributed by atoms with Crippen molar-refractivity contribution in [2.75, 3.05) is 20.8 Å². The van der Waals surface area contributed by atoms with Gasteiger partial charge in [-0.1, -0.05) is 6.07 Å². The van der Waals surface area contributed by atoms with Crippen LogP contribution in [0.4, 0.5) is 0 Å². The molecule has 0 aliphatic heterocycles. The summed E-state index contributed by atoms with van der Waals surface area (Å²) in [5.41, 5.74) is 0.474. The molecule has 1 aromatic carbocycles. The minimum atomic E-state index is -0.372. The number of carbonyl (C=O) groups is 1. The Labute approximate surface area is 95.1 Å². The van der Waals surface area contributed by atoms with Crippen molar-refractivity contribution in [2.45, 2.75) is 13.0 Å². The number of carbonyl (C=O) groups excluding carboxylic acids is 1. The van der Waals surface area contributed by atoms with Gasteiger partial charge in [-0.25, -0.2) is 4.79 Å². The van der Waals surface area contributed by atoms with Gasteiger partial charge >= 0.3 is 5.97 Å². The lowest BCUT2D eigenvalue weighted by molar-refractivity contribution is 0.0120. The van der Waals surface area contributed by atoms with E-state index in [1.165, 1.54) is 0 Å². The number of benzene rings is 1. The molecule has 0 unspecified atom stereocenters. The lowest BCUT2D eigenvalue weighted by Crippen LogP contribution is -2.19. The van der Waals surface area contributed by atoms with Crippen molar-refractivity contribution in [1.29, 1.82) is 0 Å². The van der Waals surface area contributed by atoms with Gasteiger partial charge in [0.05, 0.1) is 19.3 Å². The predicted molar refractivity (Wildman–Crippen MR) is 59.7 cm³/mol. The van der Waals surface area contributed by atoms with Gasteiger partial charge in [0, 0.05) is 7.11 Å². The molecule has 4 nitrogen and oxygen atoms in total. The van der Waals surface area contributed by atoms with Crippen LogP contribution >= 0.6 is 0 Å². The average Bonchev–Trinajstić information content (AvgIpc) is 2.29. The molecule has 4 heteroatoms. The first-order valence-electron chi connectivity index (χ1n) is 5.01. The Bertz CT molecular complexity index is 349. The lowest BCUT2D eigenvalue weighted by atomic mass is 10.2. The van der Waals surface area contributed by atoms with E-state index in [0.29, 0.717) is 17.9 Å². The molecule has 88 valence electrons. The van der Waals surface area contributed by atoms with Crippen LogP contribution in [-0.2, 0) is 9.47 Å². The van der Waals surface area contributed by atoms with Crippen LogP contribution in [0.1, 0.15) is 17.3 Å². The number of rotatable bonds is 5. The molecule has 1 rings (SSSR count). The third-order valence-electron chi connectivity index (χ3n) is 2.02. The average molecular weight is 224 g/mol. The molecule has 0 radical (unpaired) electrons. The quantitative estimate of drug-likeness (QED) is 0.716. The summed E-state index contributed by atoms with van der Waals surface area (Å²) >= 11 is 0. The minimum absolute atomic E-state index is 0.260. The number of hydrogen-bond donors (Lipinski definition) is 0. The van der Waals surface area contributed by atoms with Crippen molar-refractivity contribution in [3.8, 4) is 5.75 Å². The van der Waals surface area contributed by atoms with Crippen molar-refractivity contribution in [2.24, 2.45) is 0 Å². The lowest BCUT2D eigenvalue weighted by Gasteiger charge is -2.12. The van der Waals surface area contributed by atoms with E-state index < -0.39 is 0 Å². The smallest absolute Gasteiger partial charge is 0.338 e. The maximum atomic E-state index is 11.7. The van der Waals surface area contributed by atoms with E-state index in [-0.39, 0.29) is 12.1 Å². The molecule has 0 spiro atoms. The summed E-state index contributed by atoms with van der Waals surface area (Å²) in [4.78, 5) is 11.7. The summed E-state index contributed by atoms with van der Waals surface area (Å²) in [7, 11) is 3.12. The second kappa shape index (κ2) is 6.12. The molecule has 0 N–H and O–H groups in total. The van der Waals surface area contributed by atoms with Gasteiger partial charge in [-0.15, -0.1) is 0 Å². The summed E-state index contributed by atoms with van der Waals surface area (Å²) in [5, 5.41) is 0. The van der Waals surface area contributed by atoms with E-state index in [1.807, 2.05) is 0 Å². The van der Waals surface area contributed by atoms with E-state index in [9.17, 15) is 4.79 Å². The van der Waals surface area contributed by atoms with Gasteiger partial charge in [0.1, 0.15) is 11.9 Å². The molecule has 16 heavy (non-hydrogen) atoms. The van der Waals surface area contributed by atoms with Crippen LogP contribution in [0.5, 0.6) is 5.75 Å². The highest BCUT2D eigenvalue weighted by Gasteiger charge is 2.12. The molecule has 0 fully saturated rings. The highest BCUT2D eigenvalue weighted by Crippen LogP contribution is 2.13. The summed E-state index contributed by atoms with van der Waals surface area (Å²) in [6, 6.07) is 6.85. The predicted octanol–water partition coefficient (Wildman–Crippen LogP) is 1.89. The zero-order valence-electron chi connectivity index (χ0n) is 9.73. The maximum absolute atomic E-state index is 11.7. The monoisotopic (exact) mass is 224 g/mol. The van der Waals surface area contributed by atoms with Gasteiger partial charge in [0.2, 0.25) is 0 Å². The van der Waals surface area contributed by atoms with Crippen LogP contribution in [0, 0.1) is 0 Å². The number of hydrogen-bond acceptors (Lipinski definition) is 4. The number of ether oxygens (including phenoxy) is 3. The fraction of sp³-hybridized carbons (Fsp3) is 0.417. The van der Waals surface area contributed by atoms with Crippen LogP contribution in [0.25, 0.3) is 0 Å². The third-order valence-corrected chi connectivity index (χ3v) is 2.02. The topological polar surface area (TPSA) is 44.8 Å². The molecule has 0 aromatic heterocycles. The first-order chi connectivity index (χ1) is 7.67. The Morgan fingerprint density at radius 1 is 1.38 bits per heavy atom.